The van der Waals surface area contributed by atoms with Crippen LogP contribution < -0.4 is 0 Å². The molecule has 1 aliphatic rings. The van der Waals surface area contributed by atoms with E-state index in [0.29, 0.717) is 0 Å². The highest BCUT2D eigenvalue weighted by Gasteiger charge is 2.41. The maximum atomic E-state index is 9.95. The van der Waals surface area contributed by atoms with Crippen LogP contribution >= 0.6 is 9.12 Å². The molecule has 4 nitrogen and oxygen atoms in total. The molecule has 0 aromatic carbocycles. The summed E-state index contributed by atoms with van der Waals surface area (Å²) < 4.78 is 11.1. The van der Waals surface area contributed by atoms with Crippen LogP contribution in [0.4, 0.5) is 0 Å². The zero-order chi connectivity index (χ0) is 11.6. The van der Waals surface area contributed by atoms with E-state index >= 15 is 0 Å². The number of aliphatic hydroxyl groups is 2. The van der Waals surface area contributed by atoms with Gasteiger partial charge in [-0.15, -0.1) is 9.12 Å². The molecule has 0 aliphatic carbocycles. The molecule has 0 aromatic heterocycles. The van der Waals surface area contributed by atoms with Crippen LogP contribution in [0.1, 0.15) is 13.8 Å². The first-order valence-corrected chi connectivity index (χ1v) is 5.99. The van der Waals surface area contributed by atoms with Crippen molar-refractivity contribution in [1.29, 1.82) is 0 Å². The van der Waals surface area contributed by atoms with Crippen molar-refractivity contribution in [2.24, 2.45) is 5.92 Å². The van der Waals surface area contributed by atoms with E-state index in [9.17, 15) is 5.11 Å². The van der Waals surface area contributed by atoms with Crippen LogP contribution in [0.3, 0.4) is 0 Å². The van der Waals surface area contributed by atoms with Crippen LogP contribution in [0.2, 0.25) is 6.82 Å². The fourth-order valence-corrected chi connectivity index (χ4v) is 2.05. The van der Waals surface area contributed by atoms with E-state index in [4.69, 9.17) is 14.5 Å². The summed E-state index contributed by atoms with van der Waals surface area (Å²) in [5.41, 5.74) is 0. The molecular weight excluding hydrogens is 214 g/mol. The summed E-state index contributed by atoms with van der Waals surface area (Å²) in [7, 11) is 2.54. The Kier molecular flexibility index (Phi) is 5.00. The van der Waals surface area contributed by atoms with Crippen LogP contribution in [0.25, 0.3) is 0 Å². The second-order valence-corrected chi connectivity index (χ2v) is 5.16. The molecule has 6 unspecified atom stereocenters. The highest BCUT2D eigenvalue weighted by atomic mass is 31.0. The quantitative estimate of drug-likeness (QED) is 0.538. The molecule has 0 saturated carbocycles. The van der Waals surface area contributed by atoms with Gasteiger partial charge in [0, 0.05) is 5.92 Å². The summed E-state index contributed by atoms with van der Waals surface area (Å²) in [4.78, 5) is 0. The van der Waals surface area contributed by atoms with Gasteiger partial charge in [0.15, 0.2) is 0 Å². The van der Waals surface area contributed by atoms with E-state index < -0.39 is 12.2 Å². The lowest BCUT2D eigenvalue weighted by atomic mass is 9.87. The van der Waals surface area contributed by atoms with Crippen LogP contribution in [0.5, 0.6) is 0 Å². The molecule has 15 heavy (non-hydrogen) atoms. The Morgan fingerprint density at radius 3 is 2.53 bits per heavy atom. The molecule has 0 spiro atoms. The fourth-order valence-electron chi connectivity index (χ4n) is 1.87. The highest BCUT2D eigenvalue weighted by Crippen LogP contribution is 2.28. The van der Waals surface area contributed by atoms with E-state index in [1.54, 1.807) is 0 Å². The van der Waals surface area contributed by atoms with E-state index in [0.717, 1.165) is 0 Å². The molecule has 6 atom stereocenters. The minimum Gasteiger partial charge on any atom is -0.426 e. The van der Waals surface area contributed by atoms with Gasteiger partial charge in [0.05, 0.1) is 18.8 Å². The number of ether oxygens (including phenoxy) is 1. The van der Waals surface area contributed by atoms with Gasteiger partial charge >= 0.3 is 6.64 Å². The van der Waals surface area contributed by atoms with Gasteiger partial charge in [-0.25, -0.2) is 0 Å². The summed E-state index contributed by atoms with van der Waals surface area (Å²) in [6.07, 6.45) is -1.59. The van der Waals surface area contributed by atoms with Gasteiger partial charge in [-0.2, -0.15) is 0 Å². The average Bonchev–Trinajstić information content (AvgIpc) is 2.18. The summed E-state index contributed by atoms with van der Waals surface area (Å²) in [6, 6.07) is 0. The van der Waals surface area contributed by atoms with Crippen molar-refractivity contribution >= 4 is 15.8 Å². The topological polar surface area (TPSA) is 58.9 Å². The first-order valence-electron chi connectivity index (χ1n) is 5.32. The second-order valence-electron chi connectivity index (χ2n) is 4.22. The Labute approximate surface area is 93.6 Å². The summed E-state index contributed by atoms with van der Waals surface area (Å²) in [5.74, 6) is 0.116. The maximum absolute atomic E-state index is 9.95. The van der Waals surface area contributed by atoms with Crippen LogP contribution in [0, 0.1) is 5.92 Å². The SMILES string of the molecule is CB(P)OC1C(C)C(C)OC(CO)C1O. The van der Waals surface area contributed by atoms with Gasteiger partial charge in [-0.1, -0.05) is 13.7 Å². The van der Waals surface area contributed by atoms with Gasteiger partial charge in [0.1, 0.15) is 12.2 Å². The average molecular weight is 234 g/mol. The lowest BCUT2D eigenvalue weighted by molar-refractivity contribution is -0.193. The highest BCUT2D eigenvalue weighted by molar-refractivity contribution is 7.60. The molecule has 2 N–H and O–H groups in total. The molecule has 0 radical (unpaired) electrons. The Morgan fingerprint density at radius 2 is 2.07 bits per heavy atom. The summed E-state index contributed by atoms with van der Waals surface area (Å²) in [5, 5.41) is 19.0. The van der Waals surface area contributed by atoms with Crippen molar-refractivity contribution in [3.63, 3.8) is 0 Å². The zero-order valence-corrected chi connectivity index (χ0v) is 10.6. The van der Waals surface area contributed by atoms with E-state index in [-0.39, 0.29) is 31.4 Å². The Hall–Kier alpha value is 0.335. The number of aliphatic hydroxyl groups excluding tert-OH is 2. The third-order valence-corrected chi connectivity index (χ3v) is 3.07. The van der Waals surface area contributed by atoms with E-state index in [1.807, 2.05) is 20.7 Å². The molecular formula is C9H20BO4P. The smallest absolute Gasteiger partial charge is 0.312 e. The Bertz CT molecular complexity index is 205. The standard InChI is InChI=1S/C9H20BO4P/c1-5-6(2)13-7(4-11)8(12)9(5)14-10(3)15/h5-9,11-12H,4,15H2,1-3H3. The minimum atomic E-state index is -0.760. The molecule has 1 rings (SSSR count). The van der Waals surface area contributed by atoms with Gasteiger partial charge in [0.2, 0.25) is 0 Å². The third-order valence-electron chi connectivity index (χ3n) is 2.92. The van der Waals surface area contributed by atoms with Crippen molar-refractivity contribution in [1.82, 2.24) is 0 Å². The Balaban J connectivity index is 2.70. The molecule has 88 valence electrons. The van der Waals surface area contributed by atoms with Crippen LogP contribution in [-0.4, -0.2) is 47.9 Å². The fraction of sp³-hybridized carbons (Fsp3) is 1.00. The predicted molar refractivity (Wildman–Crippen MR) is 62.8 cm³/mol. The normalized spacial score (nSPS) is 41.6. The molecule has 1 saturated heterocycles. The maximum Gasteiger partial charge on any atom is 0.312 e. The van der Waals surface area contributed by atoms with Gasteiger partial charge in [-0.3, -0.25) is 0 Å². The molecule has 0 bridgehead atoms. The van der Waals surface area contributed by atoms with Crippen molar-refractivity contribution in [2.45, 2.75) is 45.1 Å². The molecule has 0 aromatic rings. The first kappa shape index (κ1) is 13.4. The zero-order valence-electron chi connectivity index (χ0n) is 9.46. The van der Waals surface area contributed by atoms with Gasteiger partial charge in [-0.05, 0) is 6.92 Å². The molecule has 1 heterocycles. The monoisotopic (exact) mass is 234 g/mol. The van der Waals surface area contributed by atoms with Crippen molar-refractivity contribution < 1.29 is 19.6 Å². The molecule has 1 aliphatic heterocycles. The number of hydrogen-bond acceptors (Lipinski definition) is 4. The largest absolute Gasteiger partial charge is 0.426 e. The summed E-state index contributed by atoms with van der Waals surface area (Å²) >= 11 is 0. The van der Waals surface area contributed by atoms with Crippen molar-refractivity contribution in [2.75, 3.05) is 6.61 Å². The second kappa shape index (κ2) is 5.60. The lowest BCUT2D eigenvalue weighted by Crippen LogP contribution is -2.55. The van der Waals surface area contributed by atoms with Gasteiger partial charge in [0.25, 0.3) is 0 Å². The molecule has 0 amide bonds. The van der Waals surface area contributed by atoms with Crippen LogP contribution in [-0.2, 0) is 9.39 Å². The van der Waals surface area contributed by atoms with Gasteiger partial charge < -0.3 is 19.6 Å². The lowest BCUT2D eigenvalue weighted by Gasteiger charge is -2.42. The molecule has 1 fully saturated rings. The van der Waals surface area contributed by atoms with Crippen molar-refractivity contribution in [3.05, 3.63) is 0 Å². The molecule has 6 heteroatoms. The minimum absolute atomic E-state index is 0.0145. The van der Waals surface area contributed by atoms with E-state index in [1.165, 1.54) is 0 Å². The third kappa shape index (κ3) is 3.14. The van der Waals surface area contributed by atoms with Crippen molar-refractivity contribution in [3.8, 4) is 0 Å². The summed E-state index contributed by atoms with van der Waals surface area (Å²) in [6.45, 7) is 5.63. The van der Waals surface area contributed by atoms with E-state index in [2.05, 4.69) is 9.12 Å². The Morgan fingerprint density at radius 1 is 1.47 bits per heavy atom. The number of hydrogen-bond donors (Lipinski definition) is 2. The number of rotatable bonds is 3. The first-order chi connectivity index (χ1) is 6.97. The predicted octanol–water partition coefficient (Wildman–Crippen LogP) is 0.141. The van der Waals surface area contributed by atoms with Crippen LogP contribution in [0.15, 0.2) is 0 Å².